The number of aromatic nitrogens is 6. The Kier molecular flexibility index (Phi) is 8.95. The smallest absolute Gasteiger partial charge is 0.347 e. The van der Waals surface area contributed by atoms with Crippen molar-refractivity contribution in [3.63, 3.8) is 0 Å². The molecule has 2 aromatic heterocycles. The number of nitrogens with zero attached hydrogens (tertiary/aromatic N) is 5. The van der Waals surface area contributed by atoms with Crippen molar-refractivity contribution < 1.29 is 28.5 Å². The molecule has 6 aromatic rings. The summed E-state index contributed by atoms with van der Waals surface area (Å²) in [5.41, 5.74) is 5.10. The fourth-order valence-electron chi connectivity index (χ4n) is 5.01. The van der Waals surface area contributed by atoms with Crippen molar-refractivity contribution >= 4 is 23.0 Å². The molecular formula is C34H30N6O6. The average molecular weight is 619 g/mol. The number of rotatable bonds is 12. The number of hydrogen-bond donors (Lipinski definition) is 1. The first-order chi connectivity index (χ1) is 22.5. The van der Waals surface area contributed by atoms with Crippen LogP contribution < -0.4 is 9.47 Å². The fourth-order valence-corrected chi connectivity index (χ4v) is 5.01. The molecule has 4 aromatic carbocycles. The molecule has 0 aliphatic heterocycles. The quantitative estimate of drug-likeness (QED) is 0.139. The highest BCUT2D eigenvalue weighted by atomic mass is 16.7. The van der Waals surface area contributed by atoms with Gasteiger partial charge in [0.05, 0.1) is 29.7 Å². The number of esters is 2. The lowest BCUT2D eigenvalue weighted by Gasteiger charge is -2.16. The van der Waals surface area contributed by atoms with Gasteiger partial charge in [-0.2, -0.15) is 10.2 Å². The third-order valence-electron chi connectivity index (χ3n) is 7.01. The van der Waals surface area contributed by atoms with E-state index >= 15 is 0 Å². The molecule has 0 aliphatic rings. The normalized spacial score (nSPS) is 11.6. The van der Waals surface area contributed by atoms with Crippen LogP contribution in [0.3, 0.4) is 0 Å². The number of nitrogens with one attached hydrogen (secondary N) is 1. The molecule has 12 nitrogen and oxygen atoms in total. The average Bonchev–Trinajstić information content (AvgIpc) is 3.73. The summed E-state index contributed by atoms with van der Waals surface area (Å²) >= 11 is 0. The molecule has 1 N–H and O–H groups in total. The van der Waals surface area contributed by atoms with E-state index in [2.05, 4.69) is 25.6 Å². The minimum absolute atomic E-state index is 0.255. The summed E-state index contributed by atoms with van der Waals surface area (Å²) in [7, 11) is 0. The van der Waals surface area contributed by atoms with E-state index in [0.29, 0.717) is 41.8 Å². The lowest BCUT2D eigenvalue weighted by atomic mass is 9.98. The molecule has 0 radical (unpaired) electrons. The van der Waals surface area contributed by atoms with Gasteiger partial charge in [0.1, 0.15) is 5.75 Å². The number of imidazole rings is 1. The van der Waals surface area contributed by atoms with Crippen molar-refractivity contribution in [3.8, 4) is 34.3 Å². The number of hydrogen-bond acceptors (Lipinski definition) is 10. The summed E-state index contributed by atoms with van der Waals surface area (Å²) in [6, 6.07) is 30.3. The number of carbonyl (C=O) groups is 2. The van der Waals surface area contributed by atoms with Gasteiger partial charge in [-0.15, -0.1) is 10.2 Å². The van der Waals surface area contributed by atoms with Gasteiger partial charge in [0.15, 0.2) is 6.61 Å². The molecule has 0 bridgehead atoms. The SMILES string of the molecule is CCOc1nc2cccc(C(=O)OC(C)OC(=O)COc3ccccc3)c2n1Cc1ccc(-c2ccccc2-c2nn[nH]n2)cc1. The van der Waals surface area contributed by atoms with Gasteiger partial charge in [-0.25, -0.2) is 9.59 Å². The molecule has 0 saturated heterocycles. The van der Waals surface area contributed by atoms with E-state index in [9.17, 15) is 9.59 Å². The van der Waals surface area contributed by atoms with Crippen LogP contribution in [0.4, 0.5) is 0 Å². The number of aromatic amines is 1. The van der Waals surface area contributed by atoms with Gasteiger partial charge in [0, 0.05) is 12.5 Å². The first-order valence-electron chi connectivity index (χ1n) is 14.6. The number of carbonyl (C=O) groups excluding carboxylic acids is 2. The topological polar surface area (TPSA) is 143 Å². The van der Waals surface area contributed by atoms with E-state index < -0.39 is 18.2 Å². The van der Waals surface area contributed by atoms with Crippen molar-refractivity contribution in [1.29, 1.82) is 0 Å². The maximum atomic E-state index is 13.4. The van der Waals surface area contributed by atoms with Gasteiger partial charge < -0.3 is 18.9 Å². The molecule has 1 unspecified atom stereocenters. The van der Waals surface area contributed by atoms with E-state index in [0.717, 1.165) is 22.3 Å². The van der Waals surface area contributed by atoms with Crippen LogP contribution in [0.25, 0.3) is 33.5 Å². The Morgan fingerprint density at radius 1 is 0.848 bits per heavy atom. The Bertz CT molecular complexity index is 1940. The van der Waals surface area contributed by atoms with E-state index in [4.69, 9.17) is 18.9 Å². The second kappa shape index (κ2) is 13.7. The van der Waals surface area contributed by atoms with E-state index in [-0.39, 0.29) is 12.2 Å². The molecular weight excluding hydrogens is 588 g/mol. The van der Waals surface area contributed by atoms with E-state index in [1.54, 1.807) is 42.5 Å². The third kappa shape index (κ3) is 6.70. The molecule has 1 atom stereocenters. The molecule has 0 fully saturated rings. The molecule has 46 heavy (non-hydrogen) atoms. The first kappa shape index (κ1) is 30.0. The zero-order valence-corrected chi connectivity index (χ0v) is 25.1. The molecule has 0 aliphatic carbocycles. The van der Waals surface area contributed by atoms with Crippen LogP contribution in [0.15, 0.2) is 97.1 Å². The van der Waals surface area contributed by atoms with Gasteiger partial charge in [-0.05, 0) is 53.1 Å². The van der Waals surface area contributed by atoms with E-state index in [1.807, 2.05) is 66.1 Å². The van der Waals surface area contributed by atoms with Gasteiger partial charge in [-0.3, -0.25) is 4.57 Å². The predicted octanol–water partition coefficient (Wildman–Crippen LogP) is 5.46. The Labute approximate surface area is 263 Å². The minimum Gasteiger partial charge on any atom is -0.482 e. The van der Waals surface area contributed by atoms with Crippen LogP contribution in [0.5, 0.6) is 11.8 Å². The molecule has 6 rings (SSSR count). The lowest BCUT2D eigenvalue weighted by Crippen LogP contribution is -2.25. The summed E-state index contributed by atoms with van der Waals surface area (Å²) in [6.07, 6.45) is -1.15. The highest BCUT2D eigenvalue weighted by Gasteiger charge is 2.23. The van der Waals surface area contributed by atoms with Gasteiger partial charge in [-0.1, -0.05) is 72.8 Å². The van der Waals surface area contributed by atoms with Crippen LogP contribution in [-0.4, -0.2) is 61.6 Å². The Balaban J connectivity index is 1.21. The molecule has 2 heterocycles. The van der Waals surface area contributed by atoms with Gasteiger partial charge in [0.25, 0.3) is 6.01 Å². The summed E-state index contributed by atoms with van der Waals surface area (Å²) in [6.45, 7) is 3.76. The molecule has 0 saturated carbocycles. The van der Waals surface area contributed by atoms with Crippen molar-refractivity contribution in [1.82, 2.24) is 30.2 Å². The number of H-pyrrole nitrogens is 1. The molecule has 0 amide bonds. The molecule has 12 heteroatoms. The van der Waals surface area contributed by atoms with Crippen molar-refractivity contribution in [3.05, 3.63) is 108 Å². The van der Waals surface area contributed by atoms with Crippen LogP contribution in [0.2, 0.25) is 0 Å². The summed E-state index contributed by atoms with van der Waals surface area (Å²) in [5.74, 6) is -0.311. The Hall–Kier alpha value is -6.04. The Morgan fingerprint density at radius 2 is 1.61 bits per heavy atom. The highest BCUT2D eigenvalue weighted by Crippen LogP contribution is 2.31. The second-order valence-corrected chi connectivity index (χ2v) is 10.1. The second-order valence-electron chi connectivity index (χ2n) is 10.1. The van der Waals surface area contributed by atoms with E-state index in [1.165, 1.54) is 6.92 Å². The number of ether oxygens (including phenoxy) is 4. The number of benzene rings is 4. The van der Waals surface area contributed by atoms with Crippen LogP contribution >= 0.6 is 0 Å². The standard InChI is InChI=1S/C34H30N6O6/c1-3-43-34-35-29-15-9-14-28(33(42)46-22(2)45-30(41)21-44-25-10-5-4-6-11-25)31(29)40(34)20-23-16-18-24(19-17-23)26-12-7-8-13-27(26)32-36-38-39-37-32/h4-19,22H,3,20-21H2,1-2H3,(H,36,37,38,39). The molecule has 0 spiro atoms. The van der Waals surface area contributed by atoms with Gasteiger partial charge in [0.2, 0.25) is 12.1 Å². The number of tetrazole rings is 1. The van der Waals surface area contributed by atoms with Crippen LogP contribution in [0.1, 0.15) is 29.8 Å². The zero-order chi connectivity index (χ0) is 31.9. The monoisotopic (exact) mass is 618 g/mol. The van der Waals surface area contributed by atoms with Crippen LogP contribution in [-0.2, 0) is 20.8 Å². The largest absolute Gasteiger partial charge is 0.482 e. The minimum atomic E-state index is -1.15. The van der Waals surface area contributed by atoms with Crippen molar-refractivity contribution in [2.24, 2.45) is 0 Å². The zero-order valence-electron chi connectivity index (χ0n) is 25.1. The third-order valence-corrected chi connectivity index (χ3v) is 7.01. The fraction of sp³-hybridized carbons (Fsp3) is 0.176. The van der Waals surface area contributed by atoms with Crippen LogP contribution in [0, 0.1) is 0 Å². The number of para-hydroxylation sites is 2. The molecule has 232 valence electrons. The lowest BCUT2D eigenvalue weighted by molar-refractivity contribution is -0.167. The van der Waals surface area contributed by atoms with Gasteiger partial charge >= 0.3 is 11.9 Å². The summed E-state index contributed by atoms with van der Waals surface area (Å²) in [5, 5.41) is 14.4. The summed E-state index contributed by atoms with van der Waals surface area (Å²) in [4.78, 5) is 30.3. The maximum absolute atomic E-state index is 13.4. The number of fused-ring (bicyclic) bond motifs is 1. The van der Waals surface area contributed by atoms with Crippen molar-refractivity contribution in [2.75, 3.05) is 13.2 Å². The predicted molar refractivity (Wildman–Crippen MR) is 168 cm³/mol. The summed E-state index contributed by atoms with van der Waals surface area (Å²) < 4.78 is 23.9. The first-order valence-corrected chi connectivity index (χ1v) is 14.6. The maximum Gasteiger partial charge on any atom is 0.347 e. The highest BCUT2D eigenvalue weighted by molar-refractivity contribution is 6.02. The van der Waals surface area contributed by atoms with Crippen molar-refractivity contribution in [2.45, 2.75) is 26.7 Å². The Morgan fingerprint density at radius 3 is 2.35 bits per heavy atom.